The zero-order chi connectivity index (χ0) is 15.7. The van der Waals surface area contributed by atoms with Gasteiger partial charge in [-0.25, -0.2) is 17.6 Å². The van der Waals surface area contributed by atoms with E-state index in [9.17, 15) is 17.6 Å². The summed E-state index contributed by atoms with van der Waals surface area (Å²) in [5.41, 5.74) is 0.512. The molecule has 2 aromatic carbocycles. The molecule has 2 aromatic rings. The Balaban J connectivity index is 2.60. The molecular formula is C15H12ClF4N. The molecule has 0 amide bonds. The lowest BCUT2D eigenvalue weighted by atomic mass is 9.96. The van der Waals surface area contributed by atoms with E-state index in [1.807, 2.05) is 0 Å². The first kappa shape index (κ1) is 15.8. The minimum absolute atomic E-state index is 0.0466. The Hall–Kier alpha value is -1.59. The Morgan fingerprint density at radius 2 is 1.48 bits per heavy atom. The SMILES string of the molecule is CNC(c1cc(C)c(F)cc1F)c1cc(F)c(F)cc1Cl. The summed E-state index contributed by atoms with van der Waals surface area (Å²) >= 11 is 5.91. The van der Waals surface area contributed by atoms with Gasteiger partial charge in [0.15, 0.2) is 11.6 Å². The molecule has 21 heavy (non-hydrogen) atoms. The van der Waals surface area contributed by atoms with Crippen molar-refractivity contribution in [3.63, 3.8) is 0 Å². The molecule has 0 saturated heterocycles. The largest absolute Gasteiger partial charge is 0.309 e. The van der Waals surface area contributed by atoms with Crippen LogP contribution in [-0.4, -0.2) is 7.05 Å². The van der Waals surface area contributed by atoms with E-state index in [1.165, 1.54) is 20.0 Å². The molecule has 0 bridgehead atoms. The molecule has 1 nitrogen and oxygen atoms in total. The van der Waals surface area contributed by atoms with Crippen LogP contribution in [0.25, 0.3) is 0 Å². The molecule has 0 radical (unpaired) electrons. The highest BCUT2D eigenvalue weighted by molar-refractivity contribution is 6.31. The van der Waals surface area contributed by atoms with Crippen molar-refractivity contribution in [2.24, 2.45) is 0 Å². The van der Waals surface area contributed by atoms with Crippen LogP contribution in [0.2, 0.25) is 5.02 Å². The second-order valence-electron chi connectivity index (χ2n) is 4.63. The van der Waals surface area contributed by atoms with Crippen molar-refractivity contribution >= 4 is 11.6 Å². The predicted octanol–water partition coefficient (Wildman–Crippen LogP) is 4.51. The predicted molar refractivity (Wildman–Crippen MR) is 73.4 cm³/mol. The van der Waals surface area contributed by atoms with Crippen molar-refractivity contribution in [1.29, 1.82) is 0 Å². The van der Waals surface area contributed by atoms with Crippen molar-refractivity contribution in [2.75, 3.05) is 7.05 Å². The second-order valence-corrected chi connectivity index (χ2v) is 5.04. The average Bonchev–Trinajstić information content (AvgIpc) is 2.42. The summed E-state index contributed by atoms with van der Waals surface area (Å²) in [6, 6.07) is 2.96. The van der Waals surface area contributed by atoms with E-state index in [2.05, 4.69) is 5.32 Å². The quantitative estimate of drug-likeness (QED) is 0.648. The lowest BCUT2D eigenvalue weighted by Crippen LogP contribution is -2.20. The highest BCUT2D eigenvalue weighted by Gasteiger charge is 2.22. The van der Waals surface area contributed by atoms with Crippen molar-refractivity contribution in [1.82, 2.24) is 5.32 Å². The van der Waals surface area contributed by atoms with Gasteiger partial charge in [0.05, 0.1) is 6.04 Å². The molecule has 2 rings (SSSR count). The Kier molecular flexibility index (Phi) is 4.54. The van der Waals surface area contributed by atoms with Crippen LogP contribution in [0.15, 0.2) is 24.3 Å². The molecule has 1 unspecified atom stereocenters. The van der Waals surface area contributed by atoms with Crippen LogP contribution in [0.1, 0.15) is 22.7 Å². The summed E-state index contributed by atoms with van der Waals surface area (Å²) in [5.74, 6) is -3.65. The molecule has 0 heterocycles. The van der Waals surface area contributed by atoms with Crippen LogP contribution in [-0.2, 0) is 0 Å². The van der Waals surface area contributed by atoms with Crippen LogP contribution in [0.3, 0.4) is 0 Å². The van der Waals surface area contributed by atoms with E-state index in [-0.39, 0.29) is 21.7 Å². The van der Waals surface area contributed by atoms with E-state index in [1.54, 1.807) is 0 Å². The van der Waals surface area contributed by atoms with Gasteiger partial charge in [0, 0.05) is 16.7 Å². The Labute approximate surface area is 124 Å². The van der Waals surface area contributed by atoms with Crippen LogP contribution in [0.4, 0.5) is 17.6 Å². The molecule has 1 N–H and O–H groups in total. The van der Waals surface area contributed by atoms with Crippen molar-refractivity contribution in [2.45, 2.75) is 13.0 Å². The maximum atomic E-state index is 14.0. The van der Waals surface area contributed by atoms with E-state index < -0.39 is 29.3 Å². The van der Waals surface area contributed by atoms with Crippen LogP contribution < -0.4 is 5.32 Å². The smallest absolute Gasteiger partial charge is 0.160 e. The molecule has 0 aliphatic rings. The van der Waals surface area contributed by atoms with Gasteiger partial charge in [-0.05, 0) is 43.3 Å². The summed E-state index contributed by atoms with van der Waals surface area (Å²) in [5, 5.41) is 2.73. The first-order chi connectivity index (χ1) is 9.85. The minimum atomic E-state index is -1.09. The average molecular weight is 318 g/mol. The van der Waals surface area contributed by atoms with E-state index >= 15 is 0 Å². The van der Waals surface area contributed by atoms with Gasteiger partial charge in [0.2, 0.25) is 0 Å². The number of nitrogens with one attached hydrogen (secondary N) is 1. The third-order valence-electron chi connectivity index (χ3n) is 3.23. The zero-order valence-corrected chi connectivity index (χ0v) is 12.0. The second kappa shape index (κ2) is 6.03. The number of hydrogen-bond donors (Lipinski definition) is 1. The van der Waals surface area contributed by atoms with E-state index in [0.29, 0.717) is 0 Å². The maximum absolute atomic E-state index is 14.0. The highest BCUT2D eigenvalue weighted by atomic mass is 35.5. The monoisotopic (exact) mass is 317 g/mol. The molecule has 0 saturated carbocycles. The molecule has 0 spiro atoms. The molecule has 112 valence electrons. The van der Waals surface area contributed by atoms with Crippen LogP contribution in [0.5, 0.6) is 0 Å². The zero-order valence-electron chi connectivity index (χ0n) is 11.3. The normalized spacial score (nSPS) is 12.5. The van der Waals surface area contributed by atoms with E-state index in [0.717, 1.165) is 18.2 Å². The minimum Gasteiger partial charge on any atom is -0.309 e. The van der Waals surface area contributed by atoms with Crippen molar-refractivity contribution in [3.8, 4) is 0 Å². The third-order valence-corrected chi connectivity index (χ3v) is 3.56. The number of hydrogen-bond acceptors (Lipinski definition) is 1. The van der Waals surface area contributed by atoms with Gasteiger partial charge in [-0.1, -0.05) is 11.6 Å². The lowest BCUT2D eigenvalue weighted by molar-refractivity contribution is 0.503. The molecule has 0 aliphatic carbocycles. The third kappa shape index (κ3) is 3.04. The van der Waals surface area contributed by atoms with Gasteiger partial charge in [0.25, 0.3) is 0 Å². The van der Waals surface area contributed by atoms with Gasteiger partial charge in [0.1, 0.15) is 11.6 Å². The summed E-state index contributed by atoms with van der Waals surface area (Å²) in [6.07, 6.45) is 0. The molecule has 1 atom stereocenters. The van der Waals surface area contributed by atoms with Crippen LogP contribution >= 0.6 is 11.6 Å². The summed E-state index contributed by atoms with van der Waals surface area (Å²) in [7, 11) is 1.51. The molecule has 0 fully saturated rings. The Morgan fingerprint density at radius 1 is 0.857 bits per heavy atom. The number of halogens is 5. The maximum Gasteiger partial charge on any atom is 0.160 e. The fraction of sp³-hybridized carbons (Fsp3) is 0.200. The Bertz CT molecular complexity index is 630. The van der Waals surface area contributed by atoms with Crippen molar-refractivity contribution < 1.29 is 17.6 Å². The van der Waals surface area contributed by atoms with Crippen molar-refractivity contribution in [3.05, 3.63) is 69.2 Å². The van der Waals surface area contributed by atoms with Gasteiger partial charge >= 0.3 is 0 Å². The summed E-state index contributed by atoms with van der Waals surface area (Å²) < 4.78 is 53.8. The molecule has 6 heteroatoms. The van der Waals surface area contributed by atoms with Gasteiger partial charge in [-0.3, -0.25) is 0 Å². The Morgan fingerprint density at radius 3 is 2.10 bits per heavy atom. The number of benzene rings is 2. The topological polar surface area (TPSA) is 12.0 Å². The first-order valence-electron chi connectivity index (χ1n) is 6.12. The van der Waals surface area contributed by atoms with E-state index in [4.69, 9.17) is 11.6 Å². The number of aryl methyl sites for hydroxylation is 1. The standard InChI is InChI=1S/C15H12ClF4N/c1-7-3-9(12(18)6-11(7)17)15(21-2)8-4-13(19)14(20)5-10(8)16/h3-6,15,21H,1-2H3. The highest BCUT2D eigenvalue weighted by Crippen LogP contribution is 2.32. The molecule has 0 aromatic heterocycles. The lowest BCUT2D eigenvalue weighted by Gasteiger charge is -2.20. The van der Waals surface area contributed by atoms with Gasteiger partial charge in [-0.15, -0.1) is 0 Å². The van der Waals surface area contributed by atoms with Gasteiger partial charge in [-0.2, -0.15) is 0 Å². The fourth-order valence-electron chi connectivity index (χ4n) is 2.14. The fourth-order valence-corrected chi connectivity index (χ4v) is 2.40. The molecule has 0 aliphatic heterocycles. The molecular weight excluding hydrogens is 306 g/mol. The van der Waals surface area contributed by atoms with Gasteiger partial charge < -0.3 is 5.32 Å². The first-order valence-corrected chi connectivity index (χ1v) is 6.50. The summed E-state index contributed by atoms with van der Waals surface area (Å²) in [4.78, 5) is 0. The van der Waals surface area contributed by atoms with Crippen LogP contribution in [0, 0.1) is 30.2 Å². The number of rotatable bonds is 3. The summed E-state index contributed by atoms with van der Waals surface area (Å²) in [6.45, 7) is 1.48.